The first-order valence-electron chi connectivity index (χ1n) is 10.6. The number of anilines is 1. The molecule has 1 aliphatic rings. The molecule has 0 aromatic heterocycles. The van der Waals surface area contributed by atoms with E-state index >= 15 is 0 Å². The molecule has 12 nitrogen and oxygen atoms in total. The zero-order valence-corrected chi connectivity index (χ0v) is 21.4. The van der Waals surface area contributed by atoms with Crippen molar-refractivity contribution in [2.24, 2.45) is 0 Å². The van der Waals surface area contributed by atoms with Crippen LogP contribution in [0.5, 0.6) is 0 Å². The minimum absolute atomic E-state index is 0.0102. The van der Waals surface area contributed by atoms with E-state index in [2.05, 4.69) is 5.32 Å². The highest BCUT2D eigenvalue weighted by Crippen LogP contribution is 2.29. The molecule has 0 spiro atoms. The molecule has 0 radical (unpaired) electrons. The molecule has 3 rings (SSSR count). The molecule has 1 aliphatic heterocycles. The summed E-state index contributed by atoms with van der Waals surface area (Å²) in [5.74, 6) is -1.96. The van der Waals surface area contributed by atoms with E-state index in [0.717, 1.165) is 43.7 Å². The second-order valence-corrected chi connectivity index (χ2v) is 12.3. The van der Waals surface area contributed by atoms with Crippen molar-refractivity contribution in [3.63, 3.8) is 0 Å². The third kappa shape index (κ3) is 6.37. The minimum Gasteiger partial charge on any atom is -0.452 e. The Balaban J connectivity index is 1.70. The Morgan fingerprint density at radius 1 is 1.08 bits per heavy atom. The Kier molecular flexibility index (Phi) is 8.33. The van der Waals surface area contributed by atoms with Gasteiger partial charge in [0.05, 0.1) is 26.1 Å². The lowest BCUT2D eigenvalue weighted by molar-refractivity contribution is -0.387. The molecule has 15 heteroatoms. The predicted molar refractivity (Wildman–Crippen MR) is 129 cm³/mol. The van der Waals surface area contributed by atoms with E-state index in [-0.39, 0.29) is 21.2 Å². The Morgan fingerprint density at radius 2 is 1.75 bits per heavy atom. The van der Waals surface area contributed by atoms with Crippen LogP contribution in [0.2, 0.25) is 5.02 Å². The van der Waals surface area contributed by atoms with E-state index in [4.69, 9.17) is 16.3 Å². The number of esters is 1. The van der Waals surface area contributed by atoms with Crippen LogP contribution < -0.4 is 5.32 Å². The van der Waals surface area contributed by atoms with Crippen LogP contribution in [0.4, 0.5) is 11.4 Å². The van der Waals surface area contributed by atoms with Gasteiger partial charge in [-0.25, -0.2) is 21.6 Å². The number of hydrogen-bond donors (Lipinski definition) is 1. The van der Waals surface area contributed by atoms with Crippen molar-refractivity contribution >= 4 is 54.7 Å². The van der Waals surface area contributed by atoms with Crippen molar-refractivity contribution < 1.29 is 36.1 Å². The average molecular weight is 560 g/mol. The van der Waals surface area contributed by atoms with Gasteiger partial charge in [0, 0.05) is 25.4 Å². The lowest BCUT2D eigenvalue weighted by Crippen LogP contribution is -2.35. The summed E-state index contributed by atoms with van der Waals surface area (Å²) in [6, 6.07) is 6.52. The molecule has 194 valence electrons. The number of ether oxygens (including phenoxy) is 1. The highest BCUT2D eigenvalue weighted by Gasteiger charge is 2.27. The molecule has 1 fully saturated rings. The predicted octanol–water partition coefficient (Wildman–Crippen LogP) is 2.62. The number of rotatable bonds is 8. The number of nitro groups is 1. The largest absolute Gasteiger partial charge is 0.452 e. The molecule has 1 N–H and O–H groups in total. The maximum absolute atomic E-state index is 12.9. The van der Waals surface area contributed by atoms with Crippen LogP contribution in [-0.4, -0.2) is 63.9 Å². The van der Waals surface area contributed by atoms with Crippen LogP contribution in [0, 0.1) is 10.1 Å². The third-order valence-electron chi connectivity index (χ3n) is 5.29. The topological polar surface area (TPSA) is 170 Å². The summed E-state index contributed by atoms with van der Waals surface area (Å²) in [7, 11) is -7.71. The normalized spacial score (nSPS) is 14.7. The number of sulfonamides is 1. The van der Waals surface area contributed by atoms with Crippen molar-refractivity contribution in [1.29, 1.82) is 0 Å². The van der Waals surface area contributed by atoms with Gasteiger partial charge in [0.2, 0.25) is 10.0 Å². The van der Waals surface area contributed by atoms with Crippen LogP contribution in [0.25, 0.3) is 0 Å². The van der Waals surface area contributed by atoms with E-state index in [1.54, 1.807) is 0 Å². The Labute approximate surface area is 212 Å². The van der Waals surface area contributed by atoms with Crippen molar-refractivity contribution in [1.82, 2.24) is 4.31 Å². The second-order valence-electron chi connectivity index (χ2n) is 7.94. The van der Waals surface area contributed by atoms with Gasteiger partial charge in [0.1, 0.15) is 4.90 Å². The van der Waals surface area contributed by atoms with Crippen LogP contribution in [0.1, 0.15) is 29.6 Å². The van der Waals surface area contributed by atoms with E-state index < -0.39 is 53.9 Å². The molecule has 0 atom stereocenters. The smallest absolute Gasteiger partial charge is 0.338 e. The first kappa shape index (κ1) is 27.5. The van der Waals surface area contributed by atoms with Gasteiger partial charge in [-0.15, -0.1) is 0 Å². The number of nitrogens with one attached hydrogen (secondary N) is 1. The van der Waals surface area contributed by atoms with Gasteiger partial charge in [-0.05, 0) is 43.2 Å². The van der Waals surface area contributed by atoms with Gasteiger partial charge in [0.25, 0.3) is 11.6 Å². The minimum atomic E-state index is -3.92. The molecule has 2 aromatic carbocycles. The van der Waals surface area contributed by atoms with Crippen LogP contribution in [0.15, 0.2) is 46.2 Å². The molecule has 0 aliphatic carbocycles. The first-order chi connectivity index (χ1) is 16.8. The highest BCUT2D eigenvalue weighted by molar-refractivity contribution is 7.90. The molecule has 0 saturated carbocycles. The maximum Gasteiger partial charge on any atom is 0.338 e. The number of benzene rings is 2. The van der Waals surface area contributed by atoms with E-state index in [0.29, 0.717) is 13.1 Å². The van der Waals surface area contributed by atoms with Gasteiger partial charge < -0.3 is 10.1 Å². The quantitative estimate of drug-likeness (QED) is 0.290. The number of carbonyl (C=O) groups is 2. The number of sulfone groups is 1. The lowest BCUT2D eigenvalue weighted by atomic mass is 10.2. The highest BCUT2D eigenvalue weighted by atomic mass is 35.5. The summed E-state index contributed by atoms with van der Waals surface area (Å²) >= 11 is 6.09. The number of amides is 1. The second kappa shape index (κ2) is 10.9. The van der Waals surface area contributed by atoms with Gasteiger partial charge in [-0.1, -0.05) is 18.0 Å². The summed E-state index contributed by atoms with van der Waals surface area (Å²) < 4.78 is 55.4. The standard InChI is InChI=1S/C21H22ClN3O9S2/c1-35(30,31)19-8-5-14(11-18(19)25(28)29)21(27)34-13-20(26)23-17-12-15(6-7-16(17)22)36(32,33)24-9-3-2-4-10-24/h5-8,11-12H,2-4,9-10,13H2,1H3,(H,23,26). The first-order valence-corrected chi connectivity index (χ1v) is 14.3. The molecular formula is C21H22ClN3O9S2. The molecule has 2 aromatic rings. The zero-order chi connectivity index (χ0) is 26.7. The average Bonchev–Trinajstić information content (AvgIpc) is 2.83. The molecule has 1 heterocycles. The van der Waals surface area contributed by atoms with Gasteiger partial charge in [-0.3, -0.25) is 14.9 Å². The Morgan fingerprint density at radius 3 is 2.36 bits per heavy atom. The van der Waals surface area contributed by atoms with Crippen molar-refractivity contribution in [2.45, 2.75) is 29.1 Å². The van der Waals surface area contributed by atoms with Crippen LogP contribution in [-0.2, 0) is 29.4 Å². The monoisotopic (exact) mass is 559 g/mol. The third-order valence-corrected chi connectivity index (χ3v) is 8.66. The van der Waals surface area contributed by atoms with Crippen molar-refractivity contribution in [2.75, 3.05) is 31.3 Å². The van der Waals surface area contributed by atoms with Gasteiger partial charge >= 0.3 is 5.97 Å². The fraction of sp³-hybridized carbons (Fsp3) is 0.333. The van der Waals surface area contributed by atoms with Crippen molar-refractivity contribution in [3.05, 3.63) is 57.1 Å². The number of hydrogen-bond acceptors (Lipinski definition) is 9. The lowest BCUT2D eigenvalue weighted by Gasteiger charge is -2.26. The zero-order valence-electron chi connectivity index (χ0n) is 19.0. The van der Waals surface area contributed by atoms with E-state index in [9.17, 15) is 36.5 Å². The van der Waals surface area contributed by atoms with E-state index in [1.807, 2.05) is 0 Å². The van der Waals surface area contributed by atoms with Crippen molar-refractivity contribution in [3.8, 4) is 0 Å². The summed E-state index contributed by atoms with van der Waals surface area (Å²) in [5.41, 5.74) is -1.16. The fourth-order valence-electron chi connectivity index (χ4n) is 3.52. The fourth-order valence-corrected chi connectivity index (χ4v) is 6.05. The number of nitrogens with zero attached hydrogens (tertiary/aromatic N) is 2. The SMILES string of the molecule is CS(=O)(=O)c1ccc(C(=O)OCC(=O)Nc2cc(S(=O)(=O)N3CCCCC3)ccc2Cl)cc1[N+](=O)[O-]. The summed E-state index contributed by atoms with van der Waals surface area (Å²) in [6.07, 6.45) is 3.24. The Hall–Kier alpha value is -3.07. The molecule has 0 unspecified atom stereocenters. The molecule has 0 bridgehead atoms. The molecular weight excluding hydrogens is 538 g/mol. The number of carbonyl (C=O) groups excluding carboxylic acids is 2. The summed E-state index contributed by atoms with van der Waals surface area (Å²) in [6.45, 7) is -0.0300. The Bertz CT molecular complexity index is 1420. The van der Waals surface area contributed by atoms with Crippen LogP contribution in [0.3, 0.4) is 0 Å². The number of piperidine rings is 1. The summed E-state index contributed by atoms with van der Waals surface area (Å²) in [5, 5.41) is 13.6. The number of nitro benzene ring substituents is 1. The molecule has 1 amide bonds. The van der Waals surface area contributed by atoms with Gasteiger partial charge in [0.15, 0.2) is 16.4 Å². The summed E-state index contributed by atoms with van der Waals surface area (Å²) in [4.78, 5) is 34.2. The van der Waals surface area contributed by atoms with Crippen LogP contribution >= 0.6 is 11.6 Å². The van der Waals surface area contributed by atoms with Gasteiger partial charge in [-0.2, -0.15) is 4.31 Å². The number of halogens is 1. The van der Waals surface area contributed by atoms with E-state index in [1.165, 1.54) is 22.5 Å². The maximum atomic E-state index is 12.9. The molecule has 36 heavy (non-hydrogen) atoms. The molecule has 1 saturated heterocycles.